The van der Waals surface area contributed by atoms with Crippen LogP contribution in [-0.2, 0) is 4.79 Å². The van der Waals surface area contributed by atoms with Crippen LogP contribution in [0.5, 0.6) is 0 Å². The highest BCUT2D eigenvalue weighted by molar-refractivity contribution is 5.75. The molecule has 1 aliphatic rings. The Morgan fingerprint density at radius 2 is 1.93 bits per heavy atom. The molecule has 1 fully saturated rings. The van der Waals surface area contributed by atoms with E-state index < -0.39 is 0 Å². The van der Waals surface area contributed by atoms with Crippen molar-refractivity contribution in [2.24, 2.45) is 5.92 Å². The lowest BCUT2D eigenvalue weighted by Crippen LogP contribution is -2.34. The standard InChI is InChI=1S/C12H24N2O/c1-11-6-9-14(10-7-11)8-4-5-12(15)13(2)3/h11H,4-10H2,1-3H3. The normalized spacial score (nSPS) is 19.1. The molecular formula is C12H24N2O. The molecule has 88 valence electrons. The smallest absolute Gasteiger partial charge is 0.222 e. The molecule has 3 nitrogen and oxygen atoms in total. The van der Waals surface area contributed by atoms with Crippen molar-refractivity contribution in [3.8, 4) is 0 Å². The molecule has 1 aliphatic heterocycles. The third-order valence-electron chi connectivity index (χ3n) is 3.24. The molecular weight excluding hydrogens is 188 g/mol. The van der Waals surface area contributed by atoms with E-state index in [0.29, 0.717) is 6.42 Å². The molecule has 0 aromatic carbocycles. The quantitative estimate of drug-likeness (QED) is 0.706. The van der Waals surface area contributed by atoms with Crippen LogP contribution in [-0.4, -0.2) is 49.4 Å². The predicted molar refractivity (Wildman–Crippen MR) is 62.8 cm³/mol. The minimum absolute atomic E-state index is 0.250. The largest absolute Gasteiger partial charge is 0.349 e. The minimum atomic E-state index is 0.250. The molecule has 0 N–H and O–H groups in total. The first-order valence-electron chi connectivity index (χ1n) is 6.02. The van der Waals surface area contributed by atoms with E-state index in [9.17, 15) is 4.79 Å². The maximum atomic E-state index is 11.3. The van der Waals surface area contributed by atoms with Crippen LogP contribution in [0.25, 0.3) is 0 Å². The summed E-state index contributed by atoms with van der Waals surface area (Å²) >= 11 is 0. The van der Waals surface area contributed by atoms with Crippen LogP contribution >= 0.6 is 0 Å². The van der Waals surface area contributed by atoms with E-state index in [0.717, 1.165) is 18.9 Å². The number of likely N-dealkylation sites (tertiary alicyclic amines) is 1. The molecule has 0 bridgehead atoms. The Hall–Kier alpha value is -0.570. The van der Waals surface area contributed by atoms with Crippen molar-refractivity contribution in [3.63, 3.8) is 0 Å². The lowest BCUT2D eigenvalue weighted by molar-refractivity contribution is -0.128. The summed E-state index contributed by atoms with van der Waals surface area (Å²) in [6, 6.07) is 0. The van der Waals surface area contributed by atoms with Crippen molar-refractivity contribution in [3.05, 3.63) is 0 Å². The summed E-state index contributed by atoms with van der Waals surface area (Å²) in [5.41, 5.74) is 0. The molecule has 0 saturated carbocycles. The second kappa shape index (κ2) is 6.11. The summed E-state index contributed by atoms with van der Waals surface area (Å²) in [6.45, 7) is 5.86. The Kier molecular flexibility index (Phi) is 5.09. The molecule has 0 aromatic rings. The van der Waals surface area contributed by atoms with Gasteiger partial charge in [-0.05, 0) is 44.8 Å². The van der Waals surface area contributed by atoms with Crippen molar-refractivity contribution in [2.75, 3.05) is 33.7 Å². The van der Waals surface area contributed by atoms with Gasteiger partial charge in [-0.15, -0.1) is 0 Å². The fraction of sp³-hybridized carbons (Fsp3) is 0.917. The van der Waals surface area contributed by atoms with Gasteiger partial charge < -0.3 is 9.80 Å². The van der Waals surface area contributed by atoms with Crippen LogP contribution in [0, 0.1) is 5.92 Å². The Morgan fingerprint density at radius 3 is 2.47 bits per heavy atom. The second-order valence-electron chi connectivity index (χ2n) is 4.92. The van der Waals surface area contributed by atoms with Crippen molar-refractivity contribution < 1.29 is 4.79 Å². The first-order valence-corrected chi connectivity index (χ1v) is 6.02. The maximum Gasteiger partial charge on any atom is 0.222 e. The minimum Gasteiger partial charge on any atom is -0.349 e. The van der Waals surface area contributed by atoms with Gasteiger partial charge in [-0.25, -0.2) is 0 Å². The van der Waals surface area contributed by atoms with Gasteiger partial charge in [-0.2, -0.15) is 0 Å². The van der Waals surface area contributed by atoms with Crippen LogP contribution in [0.3, 0.4) is 0 Å². The molecule has 0 aliphatic carbocycles. The Labute approximate surface area is 93.4 Å². The monoisotopic (exact) mass is 212 g/mol. The number of nitrogens with zero attached hydrogens (tertiary/aromatic N) is 2. The predicted octanol–water partition coefficient (Wildman–Crippen LogP) is 1.59. The van der Waals surface area contributed by atoms with Gasteiger partial charge in [-0.3, -0.25) is 4.79 Å². The van der Waals surface area contributed by atoms with E-state index in [-0.39, 0.29) is 5.91 Å². The number of carbonyl (C=O) groups is 1. The maximum absolute atomic E-state index is 11.3. The van der Waals surface area contributed by atoms with Crippen LogP contribution in [0.2, 0.25) is 0 Å². The van der Waals surface area contributed by atoms with E-state index in [1.54, 1.807) is 4.90 Å². The molecule has 3 heteroatoms. The first-order chi connectivity index (χ1) is 7.09. The zero-order valence-electron chi connectivity index (χ0n) is 10.3. The number of amides is 1. The molecule has 0 unspecified atom stereocenters. The van der Waals surface area contributed by atoms with Gasteiger partial charge in [0.2, 0.25) is 5.91 Å². The average Bonchev–Trinajstić information content (AvgIpc) is 2.20. The number of piperidine rings is 1. The number of carbonyl (C=O) groups excluding carboxylic acids is 1. The van der Waals surface area contributed by atoms with E-state index >= 15 is 0 Å². The van der Waals surface area contributed by atoms with Gasteiger partial charge in [0.15, 0.2) is 0 Å². The highest BCUT2D eigenvalue weighted by atomic mass is 16.2. The molecule has 0 atom stereocenters. The SMILES string of the molecule is CC1CCN(CCCC(=O)N(C)C)CC1. The van der Waals surface area contributed by atoms with Gasteiger partial charge in [0.1, 0.15) is 0 Å². The van der Waals surface area contributed by atoms with E-state index in [1.165, 1.54) is 25.9 Å². The molecule has 15 heavy (non-hydrogen) atoms. The van der Waals surface area contributed by atoms with Crippen LogP contribution < -0.4 is 0 Å². The molecule has 0 aromatic heterocycles. The van der Waals surface area contributed by atoms with Gasteiger partial charge in [0.25, 0.3) is 0 Å². The summed E-state index contributed by atoms with van der Waals surface area (Å²) < 4.78 is 0. The van der Waals surface area contributed by atoms with E-state index in [1.807, 2.05) is 14.1 Å². The zero-order chi connectivity index (χ0) is 11.3. The molecule has 1 heterocycles. The van der Waals surface area contributed by atoms with Crippen LogP contribution in [0.15, 0.2) is 0 Å². The molecule has 0 spiro atoms. The van der Waals surface area contributed by atoms with Gasteiger partial charge in [0.05, 0.1) is 0 Å². The molecule has 1 rings (SSSR count). The van der Waals surface area contributed by atoms with Crippen LogP contribution in [0.4, 0.5) is 0 Å². The van der Waals surface area contributed by atoms with Crippen molar-refractivity contribution in [2.45, 2.75) is 32.6 Å². The fourth-order valence-corrected chi connectivity index (χ4v) is 1.96. The summed E-state index contributed by atoms with van der Waals surface area (Å²) in [4.78, 5) is 15.5. The van der Waals surface area contributed by atoms with Gasteiger partial charge in [-0.1, -0.05) is 6.92 Å². The summed E-state index contributed by atoms with van der Waals surface area (Å²) in [6.07, 6.45) is 4.34. The first kappa shape index (κ1) is 12.5. The highest BCUT2D eigenvalue weighted by Gasteiger charge is 2.15. The summed E-state index contributed by atoms with van der Waals surface area (Å²) in [5.74, 6) is 1.14. The molecule has 1 saturated heterocycles. The third kappa shape index (κ3) is 4.65. The van der Waals surface area contributed by atoms with Crippen molar-refractivity contribution in [1.29, 1.82) is 0 Å². The third-order valence-corrected chi connectivity index (χ3v) is 3.24. The highest BCUT2D eigenvalue weighted by Crippen LogP contribution is 2.16. The average molecular weight is 212 g/mol. The Balaban J connectivity index is 2.08. The molecule has 1 amide bonds. The summed E-state index contributed by atoms with van der Waals surface area (Å²) in [5, 5.41) is 0. The number of hydrogen-bond donors (Lipinski definition) is 0. The topological polar surface area (TPSA) is 23.6 Å². The number of rotatable bonds is 4. The van der Waals surface area contributed by atoms with Gasteiger partial charge in [0, 0.05) is 20.5 Å². The fourth-order valence-electron chi connectivity index (χ4n) is 1.96. The lowest BCUT2D eigenvalue weighted by Gasteiger charge is -2.30. The van der Waals surface area contributed by atoms with Gasteiger partial charge >= 0.3 is 0 Å². The second-order valence-corrected chi connectivity index (χ2v) is 4.92. The summed E-state index contributed by atoms with van der Waals surface area (Å²) in [7, 11) is 3.65. The Bertz CT molecular complexity index is 196. The lowest BCUT2D eigenvalue weighted by atomic mass is 9.99. The zero-order valence-corrected chi connectivity index (χ0v) is 10.3. The van der Waals surface area contributed by atoms with Crippen molar-refractivity contribution >= 4 is 5.91 Å². The number of hydrogen-bond acceptors (Lipinski definition) is 2. The van der Waals surface area contributed by atoms with Crippen molar-refractivity contribution in [1.82, 2.24) is 9.80 Å². The van der Waals surface area contributed by atoms with Crippen LogP contribution in [0.1, 0.15) is 32.6 Å². The molecule has 0 radical (unpaired) electrons. The Morgan fingerprint density at radius 1 is 1.33 bits per heavy atom. The van der Waals surface area contributed by atoms with E-state index in [4.69, 9.17) is 0 Å². The van der Waals surface area contributed by atoms with E-state index in [2.05, 4.69) is 11.8 Å².